The van der Waals surface area contributed by atoms with Crippen molar-refractivity contribution in [2.45, 2.75) is 6.92 Å². The second kappa shape index (κ2) is 5.17. The van der Waals surface area contributed by atoms with Crippen molar-refractivity contribution in [2.24, 2.45) is 0 Å². The highest BCUT2D eigenvalue weighted by Crippen LogP contribution is 2.19. The van der Waals surface area contributed by atoms with E-state index in [1.165, 1.54) is 12.1 Å². The van der Waals surface area contributed by atoms with Crippen LogP contribution < -0.4 is 4.90 Å². The Bertz CT molecular complexity index is 390. The molecular formula is C13H16F2N2. The molecule has 1 aromatic rings. The van der Waals surface area contributed by atoms with Crippen molar-refractivity contribution < 1.29 is 8.78 Å². The molecule has 0 N–H and O–H groups in total. The highest BCUT2D eigenvalue weighted by molar-refractivity contribution is 5.47. The van der Waals surface area contributed by atoms with Crippen LogP contribution in [0.3, 0.4) is 0 Å². The molecule has 0 atom stereocenters. The van der Waals surface area contributed by atoms with Crippen molar-refractivity contribution >= 4 is 5.69 Å². The SMILES string of the molecule is C/C=C/N1CCN(c2cc(F)cc(F)c2)CC1. The first kappa shape index (κ1) is 11.9. The lowest BCUT2D eigenvalue weighted by Gasteiger charge is -2.35. The molecule has 1 heterocycles. The van der Waals surface area contributed by atoms with E-state index in [-0.39, 0.29) is 0 Å². The van der Waals surface area contributed by atoms with Crippen LogP contribution in [-0.2, 0) is 0 Å². The maximum absolute atomic E-state index is 13.1. The van der Waals surface area contributed by atoms with Gasteiger partial charge in [0.15, 0.2) is 0 Å². The molecule has 2 nitrogen and oxygen atoms in total. The van der Waals surface area contributed by atoms with E-state index >= 15 is 0 Å². The number of rotatable bonds is 2. The maximum atomic E-state index is 13.1. The standard InChI is InChI=1S/C13H16F2N2/c1-2-3-16-4-6-17(7-5-16)13-9-11(14)8-12(15)10-13/h2-3,8-10H,4-7H2,1H3/b3-2+. The lowest BCUT2D eigenvalue weighted by molar-refractivity contribution is 0.348. The van der Waals surface area contributed by atoms with E-state index in [1.807, 2.05) is 24.1 Å². The van der Waals surface area contributed by atoms with E-state index in [0.717, 1.165) is 32.2 Å². The summed E-state index contributed by atoms with van der Waals surface area (Å²) in [6, 6.07) is 3.67. The lowest BCUT2D eigenvalue weighted by Crippen LogP contribution is -2.44. The van der Waals surface area contributed by atoms with Gasteiger partial charge in [-0.05, 0) is 25.3 Å². The Hall–Kier alpha value is -1.58. The molecule has 4 heteroatoms. The topological polar surface area (TPSA) is 6.48 Å². The monoisotopic (exact) mass is 238 g/mol. The van der Waals surface area contributed by atoms with Gasteiger partial charge in [-0.15, -0.1) is 0 Å². The molecule has 92 valence electrons. The molecule has 0 radical (unpaired) electrons. The zero-order valence-electron chi connectivity index (χ0n) is 9.87. The number of piperazine rings is 1. The van der Waals surface area contributed by atoms with Crippen molar-refractivity contribution in [3.8, 4) is 0 Å². The Kier molecular flexibility index (Phi) is 3.61. The van der Waals surface area contributed by atoms with Gasteiger partial charge in [-0.2, -0.15) is 0 Å². The number of anilines is 1. The summed E-state index contributed by atoms with van der Waals surface area (Å²) in [4.78, 5) is 4.21. The smallest absolute Gasteiger partial charge is 0.128 e. The van der Waals surface area contributed by atoms with Gasteiger partial charge in [0, 0.05) is 37.9 Å². The summed E-state index contributed by atoms with van der Waals surface area (Å²) in [6.45, 7) is 5.31. The van der Waals surface area contributed by atoms with Crippen LogP contribution in [0, 0.1) is 11.6 Å². The first-order chi connectivity index (χ1) is 8.19. The summed E-state index contributed by atoms with van der Waals surface area (Å²) in [5.74, 6) is -1.04. The van der Waals surface area contributed by atoms with Crippen LogP contribution in [0.15, 0.2) is 30.5 Å². The third kappa shape index (κ3) is 2.96. The molecule has 0 bridgehead atoms. The lowest BCUT2D eigenvalue weighted by atomic mass is 10.2. The average molecular weight is 238 g/mol. The summed E-state index contributed by atoms with van der Waals surface area (Å²) in [6.07, 6.45) is 4.04. The number of benzene rings is 1. The summed E-state index contributed by atoms with van der Waals surface area (Å²) < 4.78 is 26.2. The van der Waals surface area contributed by atoms with E-state index in [2.05, 4.69) is 4.90 Å². The maximum Gasteiger partial charge on any atom is 0.128 e. The van der Waals surface area contributed by atoms with Gasteiger partial charge >= 0.3 is 0 Å². The number of allylic oxidation sites excluding steroid dienone is 1. The highest BCUT2D eigenvalue weighted by atomic mass is 19.1. The van der Waals surface area contributed by atoms with Crippen LogP contribution in [0.25, 0.3) is 0 Å². The Morgan fingerprint density at radius 1 is 1.00 bits per heavy atom. The van der Waals surface area contributed by atoms with Gasteiger partial charge in [0.1, 0.15) is 11.6 Å². The Balaban J connectivity index is 2.05. The zero-order chi connectivity index (χ0) is 12.3. The number of nitrogens with zero attached hydrogens (tertiary/aromatic N) is 2. The molecule has 1 aliphatic heterocycles. The minimum atomic E-state index is -0.518. The summed E-state index contributed by atoms with van der Waals surface area (Å²) in [5.41, 5.74) is 0.627. The Morgan fingerprint density at radius 2 is 1.59 bits per heavy atom. The van der Waals surface area contributed by atoms with Crippen LogP contribution in [-0.4, -0.2) is 31.1 Å². The fourth-order valence-corrected chi connectivity index (χ4v) is 2.06. The van der Waals surface area contributed by atoms with Gasteiger partial charge < -0.3 is 9.80 Å². The van der Waals surface area contributed by atoms with Crippen LogP contribution in [0.1, 0.15) is 6.92 Å². The second-order valence-corrected chi connectivity index (χ2v) is 4.13. The van der Waals surface area contributed by atoms with Crippen LogP contribution >= 0.6 is 0 Å². The van der Waals surface area contributed by atoms with E-state index in [9.17, 15) is 8.78 Å². The summed E-state index contributed by atoms with van der Waals surface area (Å²) in [7, 11) is 0. The van der Waals surface area contributed by atoms with Crippen molar-refractivity contribution in [3.63, 3.8) is 0 Å². The molecular weight excluding hydrogens is 222 g/mol. The van der Waals surface area contributed by atoms with Crippen molar-refractivity contribution in [1.82, 2.24) is 4.90 Å². The number of hydrogen-bond acceptors (Lipinski definition) is 2. The first-order valence-corrected chi connectivity index (χ1v) is 5.77. The van der Waals surface area contributed by atoms with Gasteiger partial charge in [-0.3, -0.25) is 0 Å². The highest BCUT2D eigenvalue weighted by Gasteiger charge is 2.15. The predicted octanol–water partition coefficient (Wildman–Crippen LogP) is 2.62. The quantitative estimate of drug-likeness (QED) is 0.781. The normalized spacial score (nSPS) is 16.9. The molecule has 1 aromatic carbocycles. The minimum absolute atomic E-state index is 0.518. The van der Waals surface area contributed by atoms with E-state index in [0.29, 0.717) is 5.69 Å². The summed E-state index contributed by atoms with van der Waals surface area (Å²) in [5, 5.41) is 0. The van der Waals surface area contributed by atoms with Crippen molar-refractivity contribution in [1.29, 1.82) is 0 Å². The largest absolute Gasteiger partial charge is 0.374 e. The molecule has 0 aliphatic carbocycles. The molecule has 2 rings (SSSR count). The second-order valence-electron chi connectivity index (χ2n) is 4.13. The molecule has 0 aromatic heterocycles. The number of halogens is 2. The van der Waals surface area contributed by atoms with E-state index in [4.69, 9.17) is 0 Å². The number of hydrogen-bond donors (Lipinski definition) is 0. The van der Waals surface area contributed by atoms with E-state index in [1.54, 1.807) is 0 Å². The third-order valence-corrected chi connectivity index (χ3v) is 2.89. The molecule has 0 amide bonds. The molecule has 0 saturated carbocycles. The third-order valence-electron chi connectivity index (χ3n) is 2.89. The van der Waals surface area contributed by atoms with E-state index < -0.39 is 11.6 Å². The Labute approximate surface area is 100 Å². The molecule has 0 spiro atoms. The van der Waals surface area contributed by atoms with Gasteiger partial charge in [-0.1, -0.05) is 6.08 Å². The van der Waals surface area contributed by atoms with Gasteiger partial charge in [0.05, 0.1) is 0 Å². The molecule has 17 heavy (non-hydrogen) atoms. The molecule has 1 aliphatic rings. The Morgan fingerprint density at radius 3 is 2.12 bits per heavy atom. The molecule has 1 fully saturated rings. The fraction of sp³-hybridized carbons (Fsp3) is 0.385. The van der Waals surface area contributed by atoms with Crippen molar-refractivity contribution in [2.75, 3.05) is 31.1 Å². The van der Waals surface area contributed by atoms with Crippen LogP contribution in [0.5, 0.6) is 0 Å². The summed E-state index contributed by atoms with van der Waals surface area (Å²) >= 11 is 0. The minimum Gasteiger partial charge on any atom is -0.374 e. The van der Waals surface area contributed by atoms with Crippen molar-refractivity contribution in [3.05, 3.63) is 42.1 Å². The molecule has 0 unspecified atom stereocenters. The zero-order valence-corrected chi connectivity index (χ0v) is 9.87. The van der Waals surface area contributed by atoms with Crippen LogP contribution in [0.2, 0.25) is 0 Å². The predicted molar refractivity (Wildman–Crippen MR) is 65.0 cm³/mol. The average Bonchev–Trinajstić information content (AvgIpc) is 2.29. The van der Waals surface area contributed by atoms with Gasteiger partial charge in [-0.25, -0.2) is 8.78 Å². The molecule has 1 saturated heterocycles. The van der Waals surface area contributed by atoms with Gasteiger partial charge in [0.2, 0.25) is 0 Å². The van der Waals surface area contributed by atoms with Gasteiger partial charge in [0.25, 0.3) is 0 Å². The van der Waals surface area contributed by atoms with Crippen LogP contribution in [0.4, 0.5) is 14.5 Å². The fourth-order valence-electron chi connectivity index (χ4n) is 2.06. The first-order valence-electron chi connectivity index (χ1n) is 5.77.